The largest absolute Gasteiger partial charge is 0.348 e. The van der Waals surface area contributed by atoms with Crippen molar-refractivity contribution in [2.75, 3.05) is 0 Å². The number of carbonyl (C=O) groups excluding carboxylic acids is 1. The number of H-pyrrole nitrogens is 1. The molecule has 2 atom stereocenters. The smallest absolute Gasteiger partial charge is 0.272 e. The first kappa shape index (κ1) is 10.8. The molecule has 0 spiro atoms. The number of nitrogens with one attached hydrogen (secondary N) is 2. The number of aryl methyl sites for hydroxylation is 1. The van der Waals surface area contributed by atoms with Crippen LogP contribution in [-0.2, 0) is 12.8 Å². The molecule has 1 aromatic rings. The molecule has 2 aliphatic rings. The molecule has 4 N–H and O–H groups in total. The first-order valence-corrected chi connectivity index (χ1v) is 6.36. The number of hydrogen-bond donors (Lipinski definition) is 3. The SMILES string of the molecule is N[C@H]1CC[C@H](NC(=O)c2n[nH]c3c2CCC3)C1. The molecule has 0 unspecified atom stereocenters. The molecular weight excluding hydrogens is 216 g/mol. The fraction of sp³-hybridized carbons (Fsp3) is 0.667. The van der Waals surface area contributed by atoms with Crippen LogP contribution in [0.4, 0.5) is 0 Å². The maximum Gasteiger partial charge on any atom is 0.272 e. The van der Waals surface area contributed by atoms with E-state index in [0.717, 1.165) is 49.8 Å². The highest BCUT2D eigenvalue weighted by molar-refractivity contribution is 5.94. The van der Waals surface area contributed by atoms with Crippen molar-refractivity contribution in [2.24, 2.45) is 5.73 Å². The van der Waals surface area contributed by atoms with Gasteiger partial charge in [-0.25, -0.2) is 0 Å². The number of amides is 1. The molecular formula is C12H18N4O. The number of aromatic amines is 1. The van der Waals surface area contributed by atoms with E-state index in [1.54, 1.807) is 0 Å². The molecule has 0 radical (unpaired) electrons. The van der Waals surface area contributed by atoms with Crippen molar-refractivity contribution in [1.29, 1.82) is 0 Å². The van der Waals surface area contributed by atoms with E-state index in [9.17, 15) is 4.79 Å². The fourth-order valence-corrected chi connectivity index (χ4v) is 2.91. The zero-order chi connectivity index (χ0) is 11.8. The van der Waals surface area contributed by atoms with E-state index in [2.05, 4.69) is 15.5 Å². The summed E-state index contributed by atoms with van der Waals surface area (Å²) in [7, 11) is 0. The van der Waals surface area contributed by atoms with Crippen LogP contribution in [0.3, 0.4) is 0 Å². The van der Waals surface area contributed by atoms with Crippen LogP contribution in [0.2, 0.25) is 0 Å². The summed E-state index contributed by atoms with van der Waals surface area (Å²) in [5, 5.41) is 10.1. The van der Waals surface area contributed by atoms with Crippen molar-refractivity contribution in [2.45, 2.75) is 50.6 Å². The van der Waals surface area contributed by atoms with Gasteiger partial charge in [0.25, 0.3) is 5.91 Å². The van der Waals surface area contributed by atoms with Crippen LogP contribution in [0.25, 0.3) is 0 Å². The predicted octanol–water partition coefficient (Wildman–Crippen LogP) is 0.508. The molecule has 1 saturated carbocycles. The molecule has 1 fully saturated rings. The summed E-state index contributed by atoms with van der Waals surface area (Å²) in [6, 6.07) is 0.469. The quantitative estimate of drug-likeness (QED) is 0.697. The Bertz CT molecular complexity index is 440. The Kier molecular flexibility index (Phi) is 2.63. The Labute approximate surface area is 100 Å². The molecule has 92 valence electrons. The normalized spacial score (nSPS) is 27.1. The fourth-order valence-electron chi connectivity index (χ4n) is 2.91. The van der Waals surface area contributed by atoms with Gasteiger partial charge < -0.3 is 11.1 Å². The van der Waals surface area contributed by atoms with Crippen LogP contribution < -0.4 is 11.1 Å². The van der Waals surface area contributed by atoms with Gasteiger partial charge >= 0.3 is 0 Å². The second-order valence-corrected chi connectivity index (χ2v) is 5.13. The monoisotopic (exact) mass is 234 g/mol. The standard InChI is InChI=1S/C12H18N4O/c13-7-4-5-8(6-7)14-12(17)11-9-2-1-3-10(9)15-16-11/h7-8H,1-6,13H2,(H,14,17)(H,15,16)/t7-,8-/m0/s1. The molecule has 5 heteroatoms. The number of aromatic nitrogens is 2. The number of carbonyl (C=O) groups is 1. The van der Waals surface area contributed by atoms with Gasteiger partial charge in [-0.3, -0.25) is 9.89 Å². The van der Waals surface area contributed by atoms with Crippen LogP contribution in [0.15, 0.2) is 0 Å². The minimum absolute atomic E-state index is 0.0384. The lowest BCUT2D eigenvalue weighted by atomic mass is 10.1. The minimum Gasteiger partial charge on any atom is -0.348 e. The second-order valence-electron chi connectivity index (χ2n) is 5.13. The highest BCUT2D eigenvalue weighted by Crippen LogP contribution is 2.23. The minimum atomic E-state index is -0.0384. The van der Waals surface area contributed by atoms with Crippen molar-refractivity contribution in [3.05, 3.63) is 17.0 Å². The summed E-state index contributed by atoms with van der Waals surface area (Å²) >= 11 is 0. The number of nitrogens with two attached hydrogens (primary N) is 1. The van der Waals surface area contributed by atoms with Crippen LogP contribution in [0.5, 0.6) is 0 Å². The van der Waals surface area contributed by atoms with E-state index in [4.69, 9.17) is 5.73 Å². The Balaban J connectivity index is 1.69. The Morgan fingerprint density at radius 2 is 2.29 bits per heavy atom. The maximum atomic E-state index is 12.1. The first-order chi connectivity index (χ1) is 8.24. The topological polar surface area (TPSA) is 83.8 Å². The molecule has 0 aliphatic heterocycles. The van der Waals surface area contributed by atoms with Gasteiger partial charge in [0.05, 0.1) is 0 Å². The molecule has 3 rings (SSSR count). The molecule has 1 amide bonds. The average Bonchev–Trinajstić information content (AvgIpc) is 2.93. The molecule has 1 aromatic heterocycles. The number of rotatable bonds is 2. The lowest BCUT2D eigenvalue weighted by Crippen LogP contribution is -2.34. The Hall–Kier alpha value is -1.36. The summed E-state index contributed by atoms with van der Waals surface area (Å²) < 4.78 is 0. The van der Waals surface area contributed by atoms with Crippen LogP contribution in [0, 0.1) is 0 Å². The zero-order valence-electron chi connectivity index (χ0n) is 9.83. The van der Waals surface area contributed by atoms with Gasteiger partial charge in [-0.1, -0.05) is 0 Å². The van der Waals surface area contributed by atoms with Gasteiger partial charge in [0.15, 0.2) is 5.69 Å². The van der Waals surface area contributed by atoms with Gasteiger partial charge in [-0.05, 0) is 38.5 Å². The average molecular weight is 234 g/mol. The summed E-state index contributed by atoms with van der Waals surface area (Å²) in [6.45, 7) is 0. The van der Waals surface area contributed by atoms with Crippen LogP contribution >= 0.6 is 0 Å². The molecule has 0 aromatic carbocycles. The molecule has 5 nitrogen and oxygen atoms in total. The van der Waals surface area contributed by atoms with Gasteiger partial charge in [-0.15, -0.1) is 0 Å². The highest BCUT2D eigenvalue weighted by atomic mass is 16.2. The van der Waals surface area contributed by atoms with E-state index in [-0.39, 0.29) is 18.0 Å². The van der Waals surface area contributed by atoms with Gasteiger partial charge in [-0.2, -0.15) is 5.10 Å². The summed E-state index contributed by atoms with van der Waals surface area (Å²) in [5.41, 5.74) is 8.68. The van der Waals surface area contributed by atoms with Crippen molar-refractivity contribution in [3.8, 4) is 0 Å². The second kappa shape index (κ2) is 4.14. The maximum absolute atomic E-state index is 12.1. The van der Waals surface area contributed by atoms with Crippen LogP contribution in [0.1, 0.15) is 47.4 Å². The van der Waals surface area contributed by atoms with Crippen LogP contribution in [-0.4, -0.2) is 28.2 Å². The van der Waals surface area contributed by atoms with E-state index in [1.807, 2.05) is 0 Å². The molecule has 2 aliphatic carbocycles. The summed E-state index contributed by atoms with van der Waals surface area (Å²) in [6.07, 6.45) is 5.99. The third-order valence-corrected chi connectivity index (χ3v) is 3.83. The number of nitrogens with zero attached hydrogens (tertiary/aromatic N) is 1. The molecule has 0 bridgehead atoms. The Morgan fingerprint density at radius 3 is 3.06 bits per heavy atom. The van der Waals surface area contributed by atoms with Crippen molar-refractivity contribution >= 4 is 5.91 Å². The van der Waals surface area contributed by atoms with E-state index in [0.29, 0.717) is 5.69 Å². The third kappa shape index (κ3) is 1.95. The van der Waals surface area contributed by atoms with Crippen molar-refractivity contribution in [1.82, 2.24) is 15.5 Å². The first-order valence-electron chi connectivity index (χ1n) is 6.36. The van der Waals surface area contributed by atoms with E-state index >= 15 is 0 Å². The van der Waals surface area contributed by atoms with Crippen molar-refractivity contribution in [3.63, 3.8) is 0 Å². The van der Waals surface area contributed by atoms with Crippen molar-refractivity contribution < 1.29 is 4.79 Å². The van der Waals surface area contributed by atoms with Gasteiger partial charge in [0.2, 0.25) is 0 Å². The highest BCUT2D eigenvalue weighted by Gasteiger charge is 2.27. The van der Waals surface area contributed by atoms with Gasteiger partial charge in [0.1, 0.15) is 0 Å². The van der Waals surface area contributed by atoms with Gasteiger partial charge in [0, 0.05) is 23.3 Å². The molecule has 1 heterocycles. The summed E-state index contributed by atoms with van der Waals surface area (Å²) in [5.74, 6) is -0.0384. The van der Waals surface area contributed by atoms with E-state index < -0.39 is 0 Å². The lowest BCUT2D eigenvalue weighted by Gasteiger charge is -2.11. The zero-order valence-corrected chi connectivity index (χ0v) is 9.83. The predicted molar refractivity (Wildman–Crippen MR) is 63.7 cm³/mol. The molecule has 0 saturated heterocycles. The lowest BCUT2D eigenvalue weighted by molar-refractivity contribution is 0.0931. The Morgan fingerprint density at radius 1 is 1.41 bits per heavy atom. The van der Waals surface area contributed by atoms with E-state index in [1.165, 1.54) is 0 Å². The summed E-state index contributed by atoms with van der Waals surface area (Å²) in [4.78, 5) is 12.1. The number of fused-ring (bicyclic) bond motifs is 1. The molecule has 17 heavy (non-hydrogen) atoms. The number of hydrogen-bond acceptors (Lipinski definition) is 3. The third-order valence-electron chi connectivity index (χ3n) is 3.83.